The summed E-state index contributed by atoms with van der Waals surface area (Å²) in [5.41, 5.74) is 2.48. The molecule has 2 aromatic rings. The zero-order valence-corrected chi connectivity index (χ0v) is 11.1. The zero-order chi connectivity index (χ0) is 13.8. The molecule has 0 amide bonds. The summed E-state index contributed by atoms with van der Waals surface area (Å²) in [6.45, 7) is 4.25. The summed E-state index contributed by atoms with van der Waals surface area (Å²) in [4.78, 5) is 15.7. The predicted octanol–water partition coefficient (Wildman–Crippen LogP) is 3.77. The summed E-state index contributed by atoms with van der Waals surface area (Å²) < 4.78 is 13.0. The second-order valence-corrected chi connectivity index (χ2v) is 4.89. The van der Waals surface area contributed by atoms with Gasteiger partial charge in [-0.3, -0.25) is 9.78 Å². The maximum Gasteiger partial charge on any atom is 0.168 e. The molecule has 2 rings (SSSR count). The number of nitrogens with zero attached hydrogens (tertiary/aromatic N) is 1. The van der Waals surface area contributed by atoms with E-state index in [9.17, 15) is 9.18 Å². The van der Waals surface area contributed by atoms with Crippen LogP contribution >= 0.6 is 0 Å². The van der Waals surface area contributed by atoms with E-state index in [4.69, 9.17) is 0 Å². The van der Waals surface area contributed by atoms with Gasteiger partial charge in [-0.2, -0.15) is 0 Å². The van der Waals surface area contributed by atoms with Gasteiger partial charge in [-0.25, -0.2) is 4.39 Å². The highest BCUT2D eigenvalue weighted by atomic mass is 19.1. The molecule has 0 fully saturated rings. The van der Waals surface area contributed by atoms with Gasteiger partial charge in [0.05, 0.1) is 6.20 Å². The SMILES string of the molecule is CC(C)c1ccc(CC(=O)c2cncc(F)c2)cc1. The maximum atomic E-state index is 13.0. The van der Waals surface area contributed by atoms with Crippen LogP contribution < -0.4 is 0 Å². The highest BCUT2D eigenvalue weighted by Crippen LogP contribution is 2.16. The summed E-state index contributed by atoms with van der Waals surface area (Å²) in [7, 11) is 0. The van der Waals surface area contributed by atoms with Crippen LogP contribution in [0.2, 0.25) is 0 Å². The van der Waals surface area contributed by atoms with Crippen LogP contribution in [0.1, 0.15) is 41.3 Å². The van der Waals surface area contributed by atoms with Crippen molar-refractivity contribution < 1.29 is 9.18 Å². The number of carbonyl (C=O) groups excluding carboxylic acids is 1. The number of hydrogen-bond donors (Lipinski definition) is 0. The molecule has 0 atom stereocenters. The topological polar surface area (TPSA) is 30.0 Å². The van der Waals surface area contributed by atoms with Crippen molar-refractivity contribution in [2.24, 2.45) is 0 Å². The fourth-order valence-corrected chi connectivity index (χ4v) is 1.87. The maximum absolute atomic E-state index is 13.0. The van der Waals surface area contributed by atoms with Gasteiger partial charge in [-0.15, -0.1) is 0 Å². The average Bonchev–Trinajstić information content (AvgIpc) is 2.39. The van der Waals surface area contributed by atoms with Crippen LogP contribution in [0.15, 0.2) is 42.7 Å². The van der Waals surface area contributed by atoms with Crippen molar-refractivity contribution in [2.75, 3.05) is 0 Å². The van der Waals surface area contributed by atoms with Gasteiger partial charge in [-0.05, 0) is 23.1 Å². The summed E-state index contributed by atoms with van der Waals surface area (Å²) in [6, 6.07) is 9.16. The van der Waals surface area contributed by atoms with E-state index in [1.165, 1.54) is 17.8 Å². The molecule has 3 heteroatoms. The van der Waals surface area contributed by atoms with Crippen molar-refractivity contribution in [1.82, 2.24) is 4.98 Å². The monoisotopic (exact) mass is 257 g/mol. The highest BCUT2D eigenvalue weighted by Gasteiger charge is 2.09. The van der Waals surface area contributed by atoms with E-state index in [0.29, 0.717) is 11.5 Å². The first kappa shape index (κ1) is 13.4. The van der Waals surface area contributed by atoms with E-state index < -0.39 is 5.82 Å². The molecule has 0 aliphatic heterocycles. The number of rotatable bonds is 4. The lowest BCUT2D eigenvalue weighted by Crippen LogP contribution is -2.04. The normalized spacial score (nSPS) is 10.7. The standard InChI is InChI=1S/C16H16FNO/c1-11(2)13-5-3-12(4-6-13)7-16(19)14-8-15(17)10-18-9-14/h3-6,8-11H,7H2,1-2H3. The van der Waals surface area contributed by atoms with Gasteiger partial charge in [0, 0.05) is 18.2 Å². The van der Waals surface area contributed by atoms with Crippen LogP contribution in [0, 0.1) is 5.82 Å². The Hall–Kier alpha value is -2.03. The fraction of sp³-hybridized carbons (Fsp3) is 0.250. The van der Waals surface area contributed by atoms with E-state index >= 15 is 0 Å². The lowest BCUT2D eigenvalue weighted by atomic mass is 9.99. The van der Waals surface area contributed by atoms with Crippen molar-refractivity contribution in [1.29, 1.82) is 0 Å². The molecule has 0 aliphatic carbocycles. The molecule has 98 valence electrons. The molecule has 19 heavy (non-hydrogen) atoms. The Balaban J connectivity index is 2.10. The van der Waals surface area contributed by atoms with Crippen molar-refractivity contribution in [3.05, 3.63) is 65.2 Å². The summed E-state index contributed by atoms with van der Waals surface area (Å²) >= 11 is 0. The highest BCUT2D eigenvalue weighted by molar-refractivity contribution is 5.97. The minimum Gasteiger partial charge on any atom is -0.294 e. The molecule has 0 bridgehead atoms. The molecular formula is C16H16FNO. The molecule has 1 aromatic heterocycles. The second-order valence-electron chi connectivity index (χ2n) is 4.89. The third-order valence-electron chi connectivity index (χ3n) is 3.04. The van der Waals surface area contributed by atoms with E-state index in [2.05, 4.69) is 18.8 Å². The predicted molar refractivity (Wildman–Crippen MR) is 72.8 cm³/mol. The average molecular weight is 257 g/mol. The quantitative estimate of drug-likeness (QED) is 0.780. The third kappa shape index (κ3) is 3.47. The van der Waals surface area contributed by atoms with E-state index in [1.54, 1.807) is 0 Å². The largest absolute Gasteiger partial charge is 0.294 e. The molecule has 1 aromatic carbocycles. The molecule has 1 heterocycles. The van der Waals surface area contributed by atoms with Gasteiger partial charge in [-0.1, -0.05) is 38.1 Å². The molecule has 0 N–H and O–H groups in total. The lowest BCUT2D eigenvalue weighted by molar-refractivity contribution is 0.0992. The minimum absolute atomic E-state index is 0.121. The Morgan fingerprint density at radius 2 is 1.89 bits per heavy atom. The van der Waals surface area contributed by atoms with Crippen LogP contribution in [-0.2, 0) is 6.42 Å². The van der Waals surface area contributed by atoms with Crippen LogP contribution in [0.25, 0.3) is 0 Å². The Morgan fingerprint density at radius 3 is 2.47 bits per heavy atom. The number of halogens is 1. The van der Waals surface area contributed by atoms with Gasteiger partial charge in [0.15, 0.2) is 5.78 Å². The number of hydrogen-bond acceptors (Lipinski definition) is 2. The molecule has 0 unspecified atom stereocenters. The van der Waals surface area contributed by atoms with Gasteiger partial charge in [0.2, 0.25) is 0 Å². The van der Waals surface area contributed by atoms with Crippen LogP contribution in [0.4, 0.5) is 4.39 Å². The summed E-state index contributed by atoms with van der Waals surface area (Å²) in [6.07, 6.45) is 2.76. The van der Waals surface area contributed by atoms with Crippen molar-refractivity contribution in [3.8, 4) is 0 Å². The van der Waals surface area contributed by atoms with E-state index in [1.807, 2.05) is 24.3 Å². The third-order valence-corrected chi connectivity index (χ3v) is 3.04. The van der Waals surface area contributed by atoms with Crippen molar-refractivity contribution in [3.63, 3.8) is 0 Å². The number of carbonyl (C=O) groups is 1. The Labute approximate surface area is 112 Å². The van der Waals surface area contributed by atoms with Gasteiger partial charge < -0.3 is 0 Å². The molecular weight excluding hydrogens is 241 g/mol. The van der Waals surface area contributed by atoms with Crippen LogP contribution in [-0.4, -0.2) is 10.8 Å². The summed E-state index contributed by atoms with van der Waals surface area (Å²) in [5, 5.41) is 0. The fourth-order valence-electron chi connectivity index (χ4n) is 1.87. The number of benzene rings is 1. The Bertz CT molecular complexity index is 576. The number of aromatic nitrogens is 1. The number of Topliss-reactive ketones (excluding diaryl/α,β-unsaturated/α-hetero) is 1. The zero-order valence-electron chi connectivity index (χ0n) is 11.1. The van der Waals surface area contributed by atoms with Gasteiger partial charge in [0.1, 0.15) is 5.82 Å². The molecule has 2 nitrogen and oxygen atoms in total. The lowest BCUT2D eigenvalue weighted by Gasteiger charge is -2.06. The van der Waals surface area contributed by atoms with Crippen molar-refractivity contribution in [2.45, 2.75) is 26.2 Å². The molecule has 0 aliphatic rings. The Kier molecular flexibility index (Phi) is 4.05. The van der Waals surface area contributed by atoms with Crippen LogP contribution in [0.3, 0.4) is 0 Å². The van der Waals surface area contributed by atoms with Crippen LogP contribution in [0.5, 0.6) is 0 Å². The first-order valence-corrected chi connectivity index (χ1v) is 6.29. The molecule has 0 saturated carbocycles. The van der Waals surface area contributed by atoms with Gasteiger partial charge >= 0.3 is 0 Å². The molecule has 0 radical (unpaired) electrons. The number of ketones is 1. The minimum atomic E-state index is -0.485. The van der Waals surface area contributed by atoms with Crippen molar-refractivity contribution >= 4 is 5.78 Å². The van der Waals surface area contributed by atoms with E-state index in [0.717, 1.165) is 11.8 Å². The molecule has 0 spiro atoms. The smallest absolute Gasteiger partial charge is 0.168 e. The van der Waals surface area contributed by atoms with E-state index in [-0.39, 0.29) is 12.2 Å². The number of pyridine rings is 1. The molecule has 0 saturated heterocycles. The summed E-state index contributed by atoms with van der Waals surface area (Å²) in [5.74, 6) is -0.137. The Morgan fingerprint density at radius 1 is 1.21 bits per heavy atom. The first-order valence-electron chi connectivity index (χ1n) is 6.29. The second kappa shape index (κ2) is 5.74. The first-order chi connectivity index (χ1) is 9.06. The van der Waals surface area contributed by atoms with Gasteiger partial charge in [0.25, 0.3) is 0 Å².